The molecule has 2 N–H and O–H groups in total. The Balaban J connectivity index is 1.83. The largest absolute Gasteiger partial charge is 0.467 e. The number of benzene rings is 2. The van der Waals surface area contributed by atoms with Crippen molar-refractivity contribution in [3.05, 3.63) is 82.8 Å². The minimum absolute atomic E-state index is 0.156. The maximum absolute atomic E-state index is 14.9. The molecule has 0 spiro atoms. The zero-order chi connectivity index (χ0) is 22.5. The predicted octanol–water partition coefficient (Wildman–Crippen LogP) is 6.15. The van der Waals surface area contributed by atoms with E-state index in [0.29, 0.717) is 23.4 Å². The van der Waals surface area contributed by atoms with Gasteiger partial charge in [0.1, 0.15) is 11.6 Å². The van der Waals surface area contributed by atoms with E-state index >= 15 is 0 Å². The second-order valence-corrected chi connectivity index (χ2v) is 7.77. The lowest BCUT2D eigenvalue weighted by Crippen LogP contribution is -2.30. The molecule has 0 saturated heterocycles. The van der Waals surface area contributed by atoms with Crippen molar-refractivity contribution in [2.45, 2.75) is 40.3 Å². The first-order chi connectivity index (χ1) is 14.7. The molecule has 0 bridgehead atoms. The van der Waals surface area contributed by atoms with Gasteiger partial charge in [0, 0.05) is 17.3 Å². The third kappa shape index (κ3) is 5.60. The van der Waals surface area contributed by atoms with Gasteiger partial charge in [-0.25, -0.2) is 8.78 Å². The Labute approximate surface area is 181 Å². The van der Waals surface area contributed by atoms with E-state index < -0.39 is 11.7 Å². The van der Waals surface area contributed by atoms with Gasteiger partial charge in [0.25, 0.3) is 5.91 Å². The molecule has 162 valence electrons. The van der Waals surface area contributed by atoms with Crippen LogP contribution in [0, 0.1) is 19.7 Å². The Morgan fingerprint density at radius 2 is 1.87 bits per heavy atom. The van der Waals surface area contributed by atoms with Crippen LogP contribution in [0.3, 0.4) is 0 Å². The molecule has 2 aromatic carbocycles. The molecule has 6 heteroatoms. The van der Waals surface area contributed by atoms with E-state index in [0.717, 1.165) is 22.5 Å². The maximum Gasteiger partial charge on any atom is 0.280 e. The van der Waals surface area contributed by atoms with Crippen molar-refractivity contribution < 1.29 is 18.0 Å². The van der Waals surface area contributed by atoms with E-state index in [9.17, 15) is 13.6 Å². The monoisotopic (exact) mass is 424 g/mol. The van der Waals surface area contributed by atoms with E-state index in [1.54, 1.807) is 51.3 Å². The van der Waals surface area contributed by atoms with Crippen molar-refractivity contribution in [2.24, 2.45) is 0 Å². The van der Waals surface area contributed by atoms with Gasteiger partial charge in [-0.15, -0.1) is 0 Å². The minimum atomic E-state index is -0.859. The lowest BCUT2D eigenvalue weighted by atomic mass is 9.94. The SMILES string of the molecule is Cc1cc(-c2ccc(NCc3ccco3)cc2F)c(C)cc1/C=C(/F)C(=O)NC(C)C. The average Bonchev–Trinajstić information content (AvgIpc) is 3.22. The number of nitrogens with one attached hydrogen (secondary N) is 2. The second-order valence-electron chi connectivity index (χ2n) is 7.77. The number of carbonyl (C=O) groups excluding carboxylic acids is 1. The van der Waals surface area contributed by atoms with E-state index in [4.69, 9.17) is 4.42 Å². The van der Waals surface area contributed by atoms with Crippen molar-refractivity contribution in [1.82, 2.24) is 5.32 Å². The number of anilines is 1. The molecule has 0 aliphatic rings. The summed E-state index contributed by atoms with van der Waals surface area (Å²) in [5.74, 6) is -1.21. The lowest BCUT2D eigenvalue weighted by molar-refractivity contribution is -0.119. The van der Waals surface area contributed by atoms with Gasteiger partial charge in [-0.1, -0.05) is 12.1 Å². The van der Waals surface area contributed by atoms with Crippen molar-refractivity contribution in [3.63, 3.8) is 0 Å². The van der Waals surface area contributed by atoms with Crippen molar-refractivity contribution in [3.8, 4) is 11.1 Å². The highest BCUT2D eigenvalue weighted by Crippen LogP contribution is 2.31. The van der Waals surface area contributed by atoms with Gasteiger partial charge in [0.15, 0.2) is 5.83 Å². The molecule has 0 unspecified atom stereocenters. The highest BCUT2D eigenvalue weighted by atomic mass is 19.1. The summed E-state index contributed by atoms with van der Waals surface area (Å²) in [6, 6.07) is 12.0. The van der Waals surface area contributed by atoms with Crippen LogP contribution in [0.4, 0.5) is 14.5 Å². The van der Waals surface area contributed by atoms with Crippen molar-refractivity contribution in [1.29, 1.82) is 0 Å². The molecule has 0 aliphatic carbocycles. The number of hydrogen-bond acceptors (Lipinski definition) is 3. The first-order valence-electron chi connectivity index (χ1n) is 10.1. The first-order valence-corrected chi connectivity index (χ1v) is 10.1. The van der Waals surface area contributed by atoms with Crippen LogP contribution in [0.5, 0.6) is 0 Å². The predicted molar refractivity (Wildman–Crippen MR) is 120 cm³/mol. The van der Waals surface area contributed by atoms with E-state index in [1.807, 2.05) is 19.1 Å². The zero-order valence-electron chi connectivity index (χ0n) is 18.1. The highest BCUT2D eigenvalue weighted by Gasteiger charge is 2.14. The van der Waals surface area contributed by atoms with Gasteiger partial charge in [0.2, 0.25) is 0 Å². The molecule has 31 heavy (non-hydrogen) atoms. The van der Waals surface area contributed by atoms with Crippen LogP contribution in [-0.2, 0) is 11.3 Å². The molecule has 3 rings (SSSR count). The lowest BCUT2D eigenvalue weighted by Gasteiger charge is -2.13. The Bertz CT molecular complexity index is 1100. The summed E-state index contributed by atoms with van der Waals surface area (Å²) in [5.41, 5.74) is 3.92. The topological polar surface area (TPSA) is 54.3 Å². The van der Waals surface area contributed by atoms with Crippen LogP contribution >= 0.6 is 0 Å². The molecule has 1 aromatic heterocycles. The fourth-order valence-corrected chi connectivity index (χ4v) is 3.26. The highest BCUT2D eigenvalue weighted by molar-refractivity contribution is 5.96. The number of halogens is 2. The molecule has 0 saturated carbocycles. The number of rotatable bonds is 7. The summed E-state index contributed by atoms with van der Waals surface area (Å²) >= 11 is 0. The summed E-state index contributed by atoms with van der Waals surface area (Å²) in [5, 5.41) is 5.65. The van der Waals surface area contributed by atoms with Gasteiger partial charge in [-0.2, -0.15) is 0 Å². The van der Waals surface area contributed by atoms with E-state index in [1.165, 1.54) is 12.1 Å². The summed E-state index contributed by atoms with van der Waals surface area (Å²) in [6.45, 7) is 7.63. The first kappa shape index (κ1) is 22.3. The Hall–Kier alpha value is -3.41. The molecule has 0 atom stereocenters. The second kappa shape index (κ2) is 9.60. The molecule has 4 nitrogen and oxygen atoms in total. The molecule has 1 amide bonds. The van der Waals surface area contributed by atoms with Crippen LogP contribution < -0.4 is 10.6 Å². The van der Waals surface area contributed by atoms with Crippen LogP contribution in [0.1, 0.15) is 36.3 Å². The molecular weight excluding hydrogens is 398 g/mol. The van der Waals surface area contributed by atoms with Crippen LogP contribution in [0.15, 0.2) is 59.0 Å². The molecule has 1 heterocycles. The average molecular weight is 424 g/mol. The summed E-state index contributed by atoms with van der Waals surface area (Å²) in [7, 11) is 0. The third-order valence-corrected chi connectivity index (χ3v) is 4.84. The Kier molecular flexibility index (Phi) is 6.90. The Morgan fingerprint density at radius 3 is 2.52 bits per heavy atom. The summed E-state index contributed by atoms with van der Waals surface area (Å²) in [4.78, 5) is 11.8. The van der Waals surface area contributed by atoms with E-state index in [-0.39, 0.29) is 11.9 Å². The molecule has 0 aliphatic heterocycles. The smallest absolute Gasteiger partial charge is 0.280 e. The normalized spacial score (nSPS) is 11.6. The number of hydrogen-bond donors (Lipinski definition) is 2. The van der Waals surface area contributed by atoms with Gasteiger partial charge in [0.05, 0.1) is 12.8 Å². The van der Waals surface area contributed by atoms with Crippen LogP contribution in [0.2, 0.25) is 0 Å². The standard InChI is InChI=1S/C25H26F2N2O2/c1-15(2)29-25(30)24(27)12-18-10-17(4)22(11-16(18)3)21-8-7-19(13-23(21)26)28-14-20-6-5-9-31-20/h5-13,15,28H,14H2,1-4H3,(H,29,30)/b24-12+. The van der Waals surface area contributed by atoms with E-state index in [2.05, 4.69) is 10.6 Å². The summed E-state index contributed by atoms with van der Waals surface area (Å²) in [6.07, 6.45) is 2.80. The Morgan fingerprint density at radius 1 is 1.10 bits per heavy atom. The van der Waals surface area contributed by atoms with Crippen LogP contribution in [0.25, 0.3) is 17.2 Å². The molecule has 3 aromatic rings. The number of amides is 1. The van der Waals surface area contributed by atoms with Gasteiger partial charge >= 0.3 is 0 Å². The summed E-state index contributed by atoms with van der Waals surface area (Å²) < 4.78 is 34.4. The van der Waals surface area contributed by atoms with Gasteiger partial charge < -0.3 is 15.1 Å². The molecular formula is C25H26F2N2O2. The van der Waals surface area contributed by atoms with Crippen LogP contribution in [-0.4, -0.2) is 11.9 Å². The number of carbonyl (C=O) groups is 1. The fourth-order valence-electron chi connectivity index (χ4n) is 3.26. The maximum atomic E-state index is 14.9. The third-order valence-electron chi connectivity index (χ3n) is 4.84. The number of aryl methyl sites for hydroxylation is 2. The zero-order valence-corrected chi connectivity index (χ0v) is 18.1. The van der Waals surface area contributed by atoms with Gasteiger partial charge in [-0.05, 0) is 86.4 Å². The molecule has 0 radical (unpaired) electrons. The quantitative estimate of drug-likeness (QED) is 0.447. The van der Waals surface area contributed by atoms with Gasteiger partial charge in [-0.3, -0.25) is 4.79 Å². The van der Waals surface area contributed by atoms with Crippen molar-refractivity contribution >= 4 is 17.7 Å². The van der Waals surface area contributed by atoms with Crippen molar-refractivity contribution in [2.75, 3.05) is 5.32 Å². The number of furan rings is 1. The fraction of sp³-hybridized carbons (Fsp3) is 0.240. The minimum Gasteiger partial charge on any atom is -0.467 e. The molecule has 0 fully saturated rings.